The van der Waals surface area contributed by atoms with Gasteiger partial charge in [0, 0.05) is 12.8 Å². The second kappa shape index (κ2) is 5.93. The van der Waals surface area contributed by atoms with Gasteiger partial charge in [-0.05, 0) is 19.3 Å². The Labute approximate surface area is 116 Å². The van der Waals surface area contributed by atoms with Crippen LogP contribution in [0.3, 0.4) is 0 Å². The van der Waals surface area contributed by atoms with Gasteiger partial charge in [0.25, 0.3) is 0 Å². The molecule has 1 heterocycles. The number of carbonyl (C=O) groups excluding carboxylic acids is 2. The molecule has 1 aliphatic heterocycles. The van der Waals surface area contributed by atoms with E-state index in [4.69, 9.17) is 0 Å². The van der Waals surface area contributed by atoms with Crippen molar-refractivity contribution in [3.8, 4) is 0 Å². The zero-order valence-corrected chi connectivity index (χ0v) is 12.4. The van der Waals surface area contributed by atoms with Crippen LogP contribution in [0.4, 0.5) is 0 Å². The highest BCUT2D eigenvalue weighted by molar-refractivity contribution is 5.81. The first kappa shape index (κ1) is 14.4. The van der Waals surface area contributed by atoms with Crippen LogP contribution >= 0.6 is 0 Å². The summed E-state index contributed by atoms with van der Waals surface area (Å²) in [7, 11) is 0. The maximum absolute atomic E-state index is 12.3. The molecule has 2 amide bonds. The molecule has 108 valence electrons. The fourth-order valence-electron chi connectivity index (χ4n) is 3.78. The van der Waals surface area contributed by atoms with Gasteiger partial charge in [0.2, 0.25) is 11.8 Å². The van der Waals surface area contributed by atoms with Gasteiger partial charge in [-0.2, -0.15) is 0 Å². The average molecular weight is 266 g/mol. The molecular weight excluding hydrogens is 240 g/mol. The molecule has 4 heteroatoms. The number of rotatable bonds is 3. The first-order chi connectivity index (χ1) is 9.15. The van der Waals surface area contributed by atoms with Crippen LogP contribution in [0.15, 0.2) is 0 Å². The lowest BCUT2D eigenvalue weighted by molar-refractivity contribution is -0.139. The van der Waals surface area contributed by atoms with Gasteiger partial charge >= 0.3 is 0 Å². The lowest BCUT2D eigenvalue weighted by Crippen LogP contribution is -2.45. The molecule has 1 aliphatic carbocycles. The van der Waals surface area contributed by atoms with Crippen molar-refractivity contribution < 1.29 is 9.59 Å². The summed E-state index contributed by atoms with van der Waals surface area (Å²) in [5, 5.41) is 0. The molecule has 0 unspecified atom stereocenters. The molecule has 0 radical (unpaired) electrons. The van der Waals surface area contributed by atoms with Crippen molar-refractivity contribution in [1.29, 1.82) is 0 Å². The Morgan fingerprint density at radius 2 is 1.32 bits per heavy atom. The summed E-state index contributed by atoms with van der Waals surface area (Å²) in [6.45, 7) is 5.91. The van der Waals surface area contributed by atoms with E-state index in [1.54, 1.807) is 0 Å². The highest BCUT2D eigenvalue weighted by atomic mass is 16.2. The largest absolute Gasteiger partial charge is 0.317 e. The standard InChI is InChI=1S/C15H26N2O2/c1-4-13-16(14(18)5-2)11-9-7-8-10-12(11)17(13)15(19)6-3/h11-13H,4-10H2,1-3H3/t11-,12-/m1/s1. The van der Waals surface area contributed by atoms with Crippen molar-refractivity contribution in [1.82, 2.24) is 9.80 Å². The topological polar surface area (TPSA) is 40.6 Å². The lowest BCUT2D eigenvalue weighted by atomic mass is 9.90. The van der Waals surface area contributed by atoms with Gasteiger partial charge in [-0.15, -0.1) is 0 Å². The van der Waals surface area contributed by atoms with Crippen molar-refractivity contribution in [2.45, 2.75) is 84.0 Å². The van der Waals surface area contributed by atoms with Gasteiger partial charge in [-0.3, -0.25) is 9.59 Å². The number of hydrogen-bond acceptors (Lipinski definition) is 2. The number of hydrogen-bond donors (Lipinski definition) is 0. The summed E-state index contributed by atoms with van der Waals surface area (Å²) in [5.41, 5.74) is 0. The summed E-state index contributed by atoms with van der Waals surface area (Å²) in [5.74, 6) is 0.408. The second-order valence-corrected chi connectivity index (χ2v) is 5.62. The minimum absolute atomic E-state index is 0.00648. The third kappa shape index (κ3) is 2.37. The number of nitrogens with zero attached hydrogens (tertiary/aromatic N) is 2. The zero-order valence-electron chi connectivity index (χ0n) is 12.4. The fraction of sp³-hybridized carbons (Fsp3) is 0.867. The second-order valence-electron chi connectivity index (χ2n) is 5.62. The van der Waals surface area contributed by atoms with Crippen molar-refractivity contribution in [2.75, 3.05) is 0 Å². The molecule has 0 bridgehead atoms. The van der Waals surface area contributed by atoms with E-state index in [1.165, 1.54) is 12.8 Å². The van der Waals surface area contributed by atoms with E-state index in [9.17, 15) is 9.59 Å². The quantitative estimate of drug-likeness (QED) is 0.787. The van der Waals surface area contributed by atoms with E-state index >= 15 is 0 Å². The first-order valence-corrected chi connectivity index (χ1v) is 7.77. The fourth-order valence-corrected chi connectivity index (χ4v) is 3.78. The van der Waals surface area contributed by atoms with Crippen molar-refractivity contribution >= 4 is 11.8 Å². The molecule has 4 nitrogen and oxygen atoms in total. The molecule has 1 saturated carbocycles. The number of fused-ring (bicyclic) bond motifs is 1. The smallest absolute Gasteiger partial charge is 0.224 e. The number of carbonyl (C=O) groups is 2. The van der Waals surface area contributed by atoms with Gasteiger partial charge in [0.05, 0.1) is 12.1 Å². The van der Waals surface area contributed by atoms with Crippen LogP contribution in [-0.2, 0) is 9.59 Å². The molecule has 1 saturated heterocycles. The predicted octanol–water partition coefficient (Wildman–Crippen LogP) is 2.52. The maximum atomic E-state index is 12.3. The summed E-state index contributed by atoms with van der Waals surface area (Å²) in [4.78, 5) is 28.6. The van der Waals surface area contributed by atoms with Crippen molar-refractivity contribution in [2.24, 2.45) is 0 Å². The van der Waals surface area contributed by atoms with Crippen LogP contribution < -0.4 is 0 Å². The Morgan fingerprint density at radius 3 is 1.63 bits per heavy atom. The lowest BCUT2D eigenvalue weighted by Gasteiger charge is -2.31. The molecule has 2 atom stereocenters. The highest BCUT2D eigenvalue weighted by Crippen LogP contribution is 2.38. The van der Waals surface area contributed by atoms with Crippen LogP contribution in [-0.4, -0.2) is 39.9 Å². The van der Waals surface area contributed by atoms with Crippen LogP contribution in [0, 0.1) is 0 Å². The van der Waals surface area contributed by atoms with Crippen LogP contribution in [0.5, 0.6) is 0 Å². The molecule has 0 aromatic rings. The van der Waals surface area contributed by atoms with Crippen LogP contribution in [0.25, 0.3) is 0 Å². The molecule has 2 rings (SSSR count). The Balaban J connectivity index is 2.32. The van der Waals surface area contributed by atoms with Gasteiger partial charge in [0.15, 0.2) is 0 Å². The van der Waals surface area contributed by atoms with E-state index in [2.05, 4.69) is 6.92 Å². The summed E-state index contributed by atoms with van der Waals surface area (Å²) in [6, 6.07) is 0.531. The SMILES string of the molecule is CCC(=O)N1C(CC)N(C(=O)CC)[C@@H]2CCCC[C@H]21. The monoisotopic (exact) mass is 266 g/mol. The summed E-state index contributed by atoms with van der Waals surface area (Å²) < 4.78 is 0. The highest BCUT2D eigenvalue weighted by Gasteiger charge is 2.49. The Hall–Kier alpha value is -1.06. The molecule has 0 aromatic carbocycles. The molecule has 19 heavy (non-hydrogen) atoms. The third-order valence-corrected chi connectivity index (χ3v) is 4.60. The molecule has 2 aliphatic rings. The summed E-state index contributed by atoms with van der Waals surface area (Å²) in [6.07, 6.45) is 6.37. The van der Waals surface area contributed by atoms with Crippen LogP contribution in [0.2, 0.25) is 0 Å². The van der Waals surface area contributed by atoms with Crippen molar-refractivity contribution in [3.63, 3.8) is 0 Å². The Kier molecular flexibility index (Phi) is 4.48. The Morgan fingerprint density at radius 1 is 0.895 bits per heavy atom. The Bertz CT molecular complexity index is 324. The predicted molar refractivity (Wildman–Crippen MR) is 74.4 cm³/mol. The molecule has 0 aromatic heterocycles. The van der Waals surface area contributed by atoms with Gasteiger partial charge in [-0.1, -0.05) is 33.6 Å². The van der Waals surface area contributed by atoms with E-state index in [1.807, 2.05) is 23.6 Å². The molecule has 0 spiro atoms. The first-order valence-electron chi connectivity index (χ1n) is 7.77. The van der Waals surface area contributed by atoms with Gasteiger partial charge in [0.1, 0.15) is 6.17 Å². The van der Waals surface area contributed by atoms with E-state index in [0.717, 1.165) is 19.3 Å². The normalized spacial score (nSPS) is 27.5. The van der Waals surface area contributed by atoms with E-state index in [0.29, 0.717) is 12.8 Å². The summed E-state index contributed by atoms with van der Waals surface area (Å²) >= 11 is 0. The maximum Gasteiger partial charge on any atom is 0.224 e. The van der Waals surface area contributed by atoms with E-state index < -0.39 is 0 Å². The minimum Gasteiger partial charge on any atom is -0.317 e. The molecular formula is C15H26N2O2. The van der Waals surface area contributed by atoms with E-state index in [-0.39, 0.29) is 30.1 Å². The zero-order chi connectivity index (χ0) is 14.0. The van der Waals surface area contributed by atoms with Gasteiger partial charge in [-0.25, -0.2) is 0 Å². The molecule has 2 fully saturated rings. The van der Waals surface area contributed by atoms with Gasteiger partial charge < -0.3 is 9.80 Å². The minimum atomic E-state index is -0.00648. The van der Waals surface area contributed by atoms with Crippen LogP contribution in [0.1, 0.15) is 65.7 Å². The average Bonchev–Trinajstić information content (AvgIpc) is 2.79. The number of amides is 2. The third-order valence-electron chi connectivity index (χ3n) is 4.60. The molecule has 0 N–H and O–H groups in total. The van der Waals surface area contributed by atoms with Crippen molar-refractivity contribution in [3.05, 3.63) is 0 Å².